The van der Waals surface area contributed by atoms with Crippen molar-refractivity contribution >= 4 is 11.0 Å². The summed E-state index contributed by atoms with van der Waals surface area (Å²) >= 11 is 0. The number of hydrogen-bond acceptors (Lipinski definition) is 3. The second-order valence-electron chi connectivity index (χ2n) is 7.23. The predicted octanol–water partition coefficient (Wildman–Crippen LogP) is 4.59. The first-order valence-corrected chi connectivity index (χ1v) is 9.47. The lowest BCUT2D eigenvalue weighted by Crippen LogP contribution is -2.23. The van der Waals surface area contributed by atoms with Gasteiger partial charge in [-0.25, -0.2) is 9.97 Å². The zero-order valence-corrected chi connectivity index (χ0v) is 15.1. The Labute approximate surface area is 158 Å². The summed E-state index contributed by atoms with van der Waals surface area (Å²) in [4.78, 5) is 12.2. The summed E-state index contributed by atoms with van der Waals surface area (Å²) in [6.07, 6.45) is 8.08. The molecule has 4 aromatic rings. The zero-order chi connectivity index (χ0) is 18.1. The van der Waals surface area contributed by atoms with Crippen molar-refractivity contribution in [3.63, 3.8) is 0 Å². The Hall–Kier alpha value is -2.92. The molecule has 27 heavy (non-hydrogen) atoms. The molecule has 136 valence electrons. The SMILES string of the molecule is c1ccc2[nH]c(-c3ccc(C4CC(Cn5ccnc5)CCO4)cc3)nc2c1. The minimum atomic E-state index is 0.164. The fourth-order valence-corrected chi connectivity index (χ4v) is 3.90. The fourth-order valence-electron chi connectivity index (χ4n) is 3.90. The van der Waals surface area contributed by atoms with Crippen LogP contribution >= 0.6 is 0 Å². The Balaban J connectivity index is 1.32. The van der Waals surface area contributed by atoms with Crippen LogP contribution in [0, 0.1) is 5.92 Å². The third-order valence-electron chi connectivity index (χ3n) is 5.37. The first-order chi connectivity index (χ1) is 13.3. The van der Waals surface area contributed by atoms with E-state index >= 15 is 0 Å². The van der Waals surface area contributed by atoms with Gasteiger partial charge in [0.1, 0.15) is 5.82 Å². The quantitative estimate of drug-likeness (QED) is 0.580. The van der Waals surface area contributed by atoms with Crippen LogP contribution in [0.2, 0.25) is 0 Å². The third-order valence-corrected chi connectivity index (χ3v) is 5.37. The van der Waals surface area contributed by atoms with E-state index in [9.17, 15) is 0 Å². The molecule has 2 atom stereocenters. The average Bonchev–Trinajstić information content (AvgIpc) is 3.38. The number of ether oxygens (including phenoxy) is 1. The molecule has 5 heteroatoms. The molecule has 2 aromatic heterocycles. The van der Waals surface area contributed by atoms with E-state index in [2.05, 4.69) is 49.9 Å². The van der Waals surface area contributed by atoms with Gasteiger partial charge in [0, 0.05) is 31.1 Å². The topological polar surface area (TPSA) is 55.7 Å². The van der Waals surface area contributed by atoms with Crippen LogP contribution in [0.5, 0.6) is 0 Å². The van der Waals surface area contributed by atoms with E-state index < -0.39 is 0 Å². The third kappa shape index (κ3) is 3.38. The van der Waals surface area contributed by atoms with Crippen molar-refractivity contribution < 1.29 is 4.74 Å². The lowest BCUT2D eigenvalue weighted by atomic mass is 9.91. The molecule has 3 heterocycles. The minimum Gasteiger partial charge on any atom is -0.374 e. The summed E-state index contributed by atoms with van der Waals surface area (Å²) in [5, 5.41) is 0. The number of aromatic amines is 1. The lowest BCUT2D eigenvalue weighted by Gasteiger charge is -2.30. The second kappa shape index (κ2) is 7.00. The molecule has 0 spiro atoms. The number of para-hydroxylation sites is 2. The highest BCUT2D eigenvalue weighted by molar-refractivity contribution is 5.79. The molecule has 2 aromatic carbocycles. The van der Waals surface area contributed by atoms with Crippen molar-refractivity contribution in [2.24, 2.45) is 5.92 Å². The van der Waals surface area contributed by atoms with Gasteiger partial charge in [0.25, 0.3) is 0 Å². The van der Waals surface area contributed by atoms with Crippen molar-refractivity contribution in [1.29, 1.82) is 0 Å². The number of benzene rings is 2. The Morgan fingerprint density at radius 3 is 2.81 bits per heavy atom. The molecule has 0 radical (unpaired) electrons. The maximum atomic E-state index is 6.06. The highest BCUT2D eigenvalue weighted by atomic mass is 16.5. The number of aromatic nitrogens is 4. The number of hydrogen-bond donors (Lipinski definition) is 1. The van der Waals surface area contributed by atoms with Crippen LogP contribution in [0.4, 0.5) is 0 Å². The number of H-pyrrole nitrogens is 1. The van der Waals surface area contributed by atoms with Crippen LogP contribution in [0.25, 0.3) is 22.4 Å². The maximum Gasteiger partial charge on any atom is 0.138 e. The van der Waals surface area contributed by atoms with Gasteiger partial charge in [0.2, 0.25) is 0 Å². The van der Waals surface area contributed by atoms with Crippen molar-refractivity contribution in [3.05, 3.63) is 72.8 Å². The highest BCUT2D eigenvalue weighted by Gasteiger charge is 2.24. The molecule has 1 saturated heterocycles. The Kier molecular flexibility index (Phi) is 4.22. The van der Waals surface area contributed by atoms with Crippen molar-refractivity contribution in [2.75, 3.05) is 6.61 Å². The van der Waals surface area contributed by atoms with Gasteiger partial charge < -0.3 is 14.3 Å². The van der Waals surface area contributed by atoms with E-state index in [1.807, 2.05) is 36.9 Å². The minimum absolute atomic E-state index is 0.164. The van der Waals surface area contributed by atoms with Gasteiger partial charge in [-0.3, -0.25) is 0 Å². The average molecular weight is 358 g/mol. The first-order valence-electron chi connectivity index (χ1n) is 9.47. The molecule has 1 fully saturated rings. The zero-order valence-electron chi connectivity index (χ0n) is 15.1. The fraction of sp³-hybridized carbons (Fsp3) is 0.273. The summed E-state index contributed by atoms with van der Waals surface area (Å²) < 4.78 is 8.22. The monoisotopic (exact) mass is 358 g/mol. The Morgan fingerprint density at radius 2 is 2.00 bits per heavy atom. The van der Waals surface area contributed by atoms with Crippen molar-refractivity contribution in [1.82, 2.24) is 19.5 Å². The van der Waals surface area contributed by atoms with Gasteiger partial charge in [-0.2, -0.15) is 0 Å². The van der Waals surface area contributed by atoms with E-state index in [-0.39, 0.29) is 6.10 Å². The summed E-state index contributed by atoms with van der Waals surface area (Å²) in [7, 11) is 0. The van der Waals surface area contributed by atoms with Crippen LogP contribution in [0.3, 0.4) is 0 Å². The molecule has 1 aliphatic rings. The van der Waals surface area contributed by atoms with Crippen LogP contribution in [0.1, 0.15) is 24.5 Å². The summed E-state index contributed by atoms with van der Waals surface area (Å²) in [5.74, 6) is 1.53. The van der Waals surface area contributed by atoms with E-state index in [1.54, 1.807) is 0 Å². The highest BCUT2D eigenvalue weighted by Crippen LogP contribution is 2.33. The van der Waals surface area contributed by atoms with Crippen LogP contribution in [0.15, 0.2) is 67.3 Å². The van der Waals surface area contributed by atoms with Crippen LogP contribution in [-0.2, 0) is 11.3 Å². The maximum absolute atomic E-state index is 6.06. The molecule has 0 amide bonds. The van der Waals surface area contributed by atoms with Gasteiger partial charge in [0.05, 0.1) is 23.5 Å². The van der Waals surface area contributed by atoms with Crippen LogP contribution in [-0.4, -0.2) is 26.1 Å². The molecule has 1 N–H and O–H groups in total. The Morgan fingerprint density at radius 1 is 1.11 bits per heavy atom. The van der Waals surface area contributed by atoms with Gasteiger partial charge in [-0.05, 0) is 36.5 Å². The predicted molar refractivity (Wildman–Crippen MR) is 105 cm³/mol. The van der Waals surface area contributed by atoms with Gasteiger partial charge in [-0.1, -0.05) is 36.4 Å². The normalized spacial score (nSPS) is 20.1. The summed E-state index contributed by atoms with van der Waals surface area (Å²) in [5.41, 5.74) is 4.40. The smallest absolute Gasteiger partial charge is 0.138 e. The van der Waals surface area contributed by atoms with Gasteiger partial charge in [0.15, 0.2) is 0 Å². The molecule has 5 nitrogen and oxygen atoms in total. The van der Waals surface area contributed by atoms with E-state index in [4.69, 9.17) is 4.74 Å². The molecule has 0 aliphatic carbocycles. The molecule has 1 aliphatic heterocycles. The molecular formula is C22H22N4O. The molecule has 5 rings (SSSR count). The lowest BCUT2D eigenvalue weighted by molar-refractivity contribution is -0.0138. The van der Waals surface area contributed by atoms with E-state index in [0.717, 1.165) is 48.4 Å². The van der Waals surface area contributed by atoms with Crippen molar-refractivity contribution in [3.8, 4) is 11.4 Å². The van der Waals surface area contributed by atoms with Crippen LogP contribution < -0.4 is 0 Å². The standard InChI is InChI=1S/C22H22N4O/c1-2-4-20-19(3-1)24-22(25-20)18-7-5-17(6-8-18)21-13-16(9-12-27-21)14-26-11-10-23-15-26/h1-8,10-11,15-16,21H,9,12-14H2,(H,24,25). The largest absolute Gasteiger partial charge is 0.374 e. The first kappa shape index (κ1) is 16.3. The number of nitrogens with zero attached hydrogens (tertiary/aromatic N) is 3. The summed E-state index contributed by atoms with van der Waals surface area (Å²) in [6, 6.07) is 16.7. The molecule has 0 saturated carbocycles. The second-order valence-corrected chi connectivity index (χ2v) is 7.23. The van der Waals surface area contributed by atoms with Gasteiger partial charge in [-0.15, -0.1) is 0 Å². The number of imidazole rings is 2. The number of rotatable bonds is 4. The Bertz CT molecular complexity index is 987. The summed E-state index contributed by atoms with van der Waals surface area (Å²) in [6.45, 7) is 1.83. The molecule has 0 bridgehead atoms. The van der Waals surface area contributed by atoms with E-state index in [0.29, 0.717) is 5.92 Å². The van der Waals surface area contributed by atoms with E-state index in [1.165, 1.54) is 5.56 Å². The number of nitrogens with one attached hydrogen (secondary N) is 1. The molecule has 2 unspecified atom stereocenters. The van der Waals surface area contributed by atoms with Gasteiger partial charge >= 0.3 is 0 Å². The number of fused-ring (bicyclic) bond motifs is 1. The molecular weight excluding hydrogens is 336 g/mol. The van der Waals surface area contributed by atoms with Crippen molar-refractivity contribution in [2.45, 2.75) is 25.5 Å².